The Morgan fingerprint density at radius 2 is 1.00 bits per heavy atom. The number of ether oxygens (including phenoxy) is 8. The van der Waals surface area contributed by atoms with Crippen LogP contribution in [0.2, 0.25) is 0 Å². The molecule has 23 heteroatoms. The number of hydrogen-bond acceptors (Lipinski definition) is 18. The predicted octanol–water partition coefficient (Wildman–Crippen LogP) is 11.9. The number of benzene rings is 4. The van der Waals surface area contributed by atoms with Crippen LogP contribution in [0, 0.1) is 3.70 Å². The molecule has 10 rings (SSSR count). The van der Waals surface area contributed by atoms with Crippen LogP contribution in [0.25, 0.3) is 22.1 Å². The molecule has 0 spiro atoms. The Morgan fingerprint density at radius 3 is 1.44 bits per heavy atom. The number of likely N-dealkylation sites (tertiary alicyclic amines) is 2. The molecule has 0 aliphatic carbocycles. The number of carbonyl (C=O) groups is 4. The molecule has 6 heterocycles. The number of rotatable bonds is 16. The monoisotopic (exact) mass is 1300 g/mol. The van der Waals surface area contributed by atoms with Gasteiger partial charge in [-0.15, -0.1) is 0 Å². The number of methoxy groups -OCH3 is 2. The number of fused-ring (bicyclic) bond motifs is 2. The largest absolute Gasteiger partial charge is 0.497 e. The van der Waals surface area contributed by atoms with Gasteiger partial charge in [0.2, 0.25) is 0 Å². The molecule has 87 heavy (non-hydrogen) atoms. The lowest BCUT2D eigenvalue weighted by molar-refractivity contribution is 0.0282. The number of nitrogens with zero attached hydrogens (tertiary/aromatic N) is 8. The number of pyridine rings is 2. The number of nitrogens with one attached hydrogen (secondary N) is 1. The maximum absolute atomic E-state index is 12.7. The van der Waals surface area contributed by atoms with Gasteiger partial charge < -0.3 is 58.7 Å². The Bertz CT molecular complexity index is 3620. The van der Waals surface area contributed by atoms with Gasteiger partial charge in [-0.1, -0.05) is 24.3 Å². The van der Waals surface area contributed by atoms with E-state index < -0.39 is 11.2 Å². The van der Waals surface area contributed by atoms with E-state index >= 15 is 0 Å². The Morgan fingerprint density at radius 1 is 0.575 bits per heavy atom. The molecule has 460 valence electrons. The molecule has 3 N–H and O–H groups in total. The molecule has 0 bridgehead atoms. The van der Waals surface area contributed by atoms with Crippen molar-refractivity contribution in [2.45, 2.75) is 105 Å². The standard InChI is InChI=1S/C32H37N5O6.C23H20IN3O4.C9H18N2O2/c1-6-41-30(38)22-9-13-25(14-10-22)42-26-15-17-33-29-27(26)28(35-37(29)19-21-7-11-24(40-5)12-8-21)34-23-16-18-36(20-23)31(39)43-32(2,3)4;1-3-30-23(28)16-6-10-18(11-7-16)31-19-12-13-25-22-20(19)21(24)26-27(22)14-15-4-8-17(29-2)9-5-15;1-9(2,3)13-8(12)11-5-4-7(10)6-11/h7-15,17,23H,6,16,18-20H2,1-5H3,(H,34,35);4-13H,3,14H2,1-2H3;7H,4-6,10H2,1-3H3/t23-;;7-/m1.1/s1. The van der Waals surface area contributed by atoms with Crippen LogP contribution < -0.4 is 30.0 Å². The van der Waals surface area contributed by atoms with Crippen LogP contribution in [0.4, 0.5) is 15.4 Å². The zero-order chi connectivity index (χ0) is 62.4. The van der Waals surface area contributed by atoms with E-state index in [4.69, 9.17) is 48.7 Å². The molecule has 8 aromatic rings. The smallest absolute Gasteiger partial charge is 0.410 e. The molecular formula is C64H75IN10O12. The maximum Gasteiger partial charge on any atom is 0.410 e. The summed E-state index contributed by atoms with van der Waals surface area (Å²) < 4.78 is 48.3. The van der Waals surface area contributed by atoms with Crippen LogP contribution in [0.5, 0.6) is 34.5 Å². The molecule has 0 radical (unpaired) electrons. The van der Waals surface area contributed by atoms with E-state index in [2.05, 4.69) is 43.0 Å². The van der Waals surface area contributed by atoms with Gasteiger partial charge in [-0.3, -0.25) is 0 Å². The Hall–Kier alpha value is -8.71. The van der Waals surface area contributed by atoms with Crippen molar-refractivity contribution in [3.63, 3.8) is 0 Å². The van der Waals surface area contributed by atoms with Gasteiger partial charge in [0.25, 0.3) is 0 Å². The maximum atomic E-state index is 12.7. The highest BCUT2D eigenvalue weighted by molar-refractivity contribution is 14.1. The van der Waals surface area contributed by atoms with E-state index in [0.717, 1.165) is 56.7 Å². The normalized spacial score (nSPS) is 14.7. The van der Waals surface area contributed by atoms with Crippen molar-refractivity contribution < 1.29 is 57.1 Å². The minimum Gasteiger partial charge on any atom is -0.497 e. The first-order valence-corrected chi connectivity index (χ1v) is 29.7. The number of amides is 2. The van der Waals surface area contributed by atoms with Gasteiger partial charge >= 0.3 is 24.1 Å². The summed E-state index contributed by atoms with van der Waals surface area (Å²) >= 11 is 2.19. The second kappa shape index (κ2) is 29.1. The third kappa shape index (κ3) is 17.7. The van der Waals surface area contributed by atoms with Crippen LogP contribution in [0.15, 0.2) is 122 Å². The molecule has 2 saturated heterocycles. The average molecular weight is 1300 g/mol. The number of halogens is 1. The molecule has 0 unspecified atom stereocenters. The number of carbonyl (C=O) groups excluding carboxylic acids is 4. The molecule has 2 atom stereocenters. The molecule has 0 saturated carbocycles. The quantitative estimate of drug-likeness (QED) is 0.0518. The lowest BCUT2D eigenvalue weighted by Gasteiger charge is -2.24. The van der Waals surface area contributed by atoms with E-state index in [9.17, 15) is 19.2 Å². The van der Waals surface area contributed by atoms with Crippen molar-refractivity contribution in [2.24, 2.45) is 5.73 Å². The third-order valence-electron chi connectivity index (χ3n) is 13.4. The predicted molar refractivity (Wildman–Crippen MR) is 337 cm³/mol. The zero-order valence-corrected chi connectivity index (χ0v) is 52.9. The van der Waals surface area contributed by atoms with E-state index in [-0.39, 0.29) is 36.2 Å². The van der Waals surface area contributed by atoms with Crippen LogP contribution in [-0.2, 0) is 32.0 Å². The molecule has 2 fully saturated rings. The first kappa shape index (κ1) is 64.3. The summed E-state index contributed by atoms with van der Waals surface area (Å²) in [6.45, 7) is 18.8. The van der Waals surface area contributed by atoms with Crippen molar-refractivity contribution >= 4 is 74.6 Å². The summed E-state index contributed by atoms with van der Waals surface area (Å²) in [6.07, 6.45) is 4.41. The highest BCUT2D eigenvalue weighted by Gasteiger charge is 2.32. The summed E-state index contributed by atoms with van der Waals surface area (Å²) in [5.41, 5.74) is 9.12. The Balaban J connectivity index is 0.000000193. The second-order valence-corrected chi connectivity index (χ2v) is 23.4. The van der Waals surface area contributed by atoms with Gasteiger partial charge in [0.1, 0.15) is 54.8 Å². The van der Waals surface area contributed by atoms with Gasteiger partial charge in [-0.2, -0.15) is 10.2 Å². The van der Waals surface area contributed by atoms with Gasteiger partial charge in [0, 0.05) is 62.8 Å². The minimum absolute atomic E-state index is 0.0445. The molecule has 2 amide bonds. The molecule has 4 aromatic carbocycles. The van der Waals surface area contributed by atoms with E-state index in [1.807, 2.05) is 106 Å². The van der Waals surface area contributed by atoms with Crippen LogP contribution >= 0.6 is 22.6 Å². The number of anilines is 1. The summed E-state index contributed by atoms with van der Waals surface area (Å²) in [6, 6.07) is 33.0. The SMILES string of the molecule is CC(C)(C)OC(=O)N1CC[C@@H](N)C1.CCOC(=O)c1ccc(Oc2ccnc3c2c(I)nn3Cc2ccc(OC)cc2)cc1.CCOC(=O)c1ccc(Oc2ccnc3c2c(N[C@@H]2CCN(C(=O)OC(C)(C)C)C2)nn3Cc2ccc(OC)cc2)cc1. The van der Waals surface area contributed by atoms with Gasteiger partial charge in [0.05, 0.1) is 57.0 Å². The molecule has 4 aromatic heterocycles. The highest BCUT2D eigenvalue weighted by Crippen LogP contribution is 2.37. The number of aromatic nitrogens is 6. The lowest BCUT2D eigenvalue weighted by atomic mass is 10.2. The molecule has 2 aliphatic rings. The fourth-order valence-electron chi connectivity index (χ4n) is 9.24. The Labute approximate surface area is 519 Å². The molecule has 22 nitrogen and oxygen atoms in total. The Kier molecular flexibility index (Phi) is 21.5. The number of esters is 2. The van der Waals surface area contributed by atoms with Crippen molar-refractivity contribution in [3.05, 3.63) is 148 Å². The topological polar surface area (TPSA) is 248 Å². The van der Waals surface area contributed by atoms with Crippen LogP contribution in [0.3, 0.4) is 0 Å². The summed E-state index contributed by atoms with van der Waals surface area (Å²) in [5.74, 6) is 3.81. The van der Waals surface area contributed by atoms with Crippen LogP contribution in [-0.4, -0.2) is 140 Å². The van der Waals surface area contributed by atoms with E-state index in [1.165, 1.54) is 0 Å². The van der Waals surface area contributed by atoms with Crippen molar-refractivity contribution in [1.82, 2.24) is 39.3 Å². The van der Waals surface area contributed by atoms with Crippen molar-refractivity contribution in [3.8, 4) is 34.5 Å². The van der Waals surface area contributed by atoms with Gasteiger partial charge in [-0.05, 0) is 175 Å². The zero-order valence-electron chi connectivity index (χ0n) is 50.7. The van der Waals surface area contributed by atoms with Crippen molar-refractivity contribution in [1.29, 1.82) is 0 Å². The summed E-state index contributed by atoms with van der Waals surface area (Å²) in [5, 5.41) is 14.7. The van der Waals surface area contributed by atoms with Gasteiger partial charge in [-0.25, -0.2) is 38.5 Å². The van der Waals surface area contributed by atoms with E-state index in [1.54, 1.807) is 105 Å². The number of hydrogen-bond donors (Lipinski definition) is 2. The third-order valence-corrected chi connectivity index (χ3v) is 14.1. The molecular weight excluding hydrogens is 1230 g/mol. The van der Waals surface area contributed by atoms with Crippen LogP contribution in [0.1, 0.15) is 100 Å². The van der Waals surface area contributed by atoms with E-state index in [0.29, 0.717) is 96.9 Å². The fraction of sp³-hybridized carbons (Fsp3) is 0.375. The first-order chi connectivity index (χ1) is 41.6. The average Bonchev–Trinajstić information content (AvgIpc) is 1.87. The fourth-order valence-corrected chi connectivity index (χ4v) is 10.0. The van der Waals surface area contributed by atoms with Crippen molar-refractivity contribution in [2.75, 3.05) is 58.9 Å². The first-order valence-electron chi connectivity index (χ1n) is 28.6. The summed E-state index contributed by atoms with van der Waals surface area (Å²) in [7, 11) is 3.28. The summed E-state index contributed by atoms with van der Waals surface area (Å²) in [4.78, 5) is 60.6. The lowest BCUT2D eigenvalue weighted by Crippen LogP contribution is -2.36. The number of nitrogens with two attached hydrogens (primary N) is 1. The van der Waals surface area contributed by atoms with Gasteiger partial charge in [0.15, 0.2) is 17.1 Å². The molecule has 2 aliphatic heterocycles. The highest BCUT2D eigenvalue weighted by atomic mass is 127. The minimum atomic E-state index is -0.564. The second-order valence-electron chi connectivity index (χ2n) is 22.4.